The van der Waals surface area contributed by atoms with Gasteiger partial charge in [0.05, 0.1) is 0 Å². The third-order valence-electron chi connectivity index (χ3n) is 1.19. The van der Waals surface area contributed by atoms with E-state index in [0.29, 0.717) is 10.9 Å². The maximum absolute atomic E-state index is 12.8. The van der Waals surface area contributed by atoms with E-state index in [1.165, 1.54) is 6.20 Å². The Morgan fingerprint density at radius 2 is 2.45 bits per heavy atom. The van der Waals surface area contributed by atoms with Gasteiger partial charge < -0.3 is 0 Å². The molecule has 1 rings (SSSR count). The van der Waals surface area contributed by atoms with Crippen molar-refractivity contribution < 1.29 is 4.39 Å². The molecule has 1 heterocycles. The highest BCUT2D eigenvalue weighted by atomic mass is 79.9. The Hall–Kier alpha value is -0.950. The van der Waals surface area contributed by atoms with Crippen molar-refractivity contribution in [3.8, 4) is 6.07 Å². The molecule has 11 heavy (non-hydrogen) atoms. The summed E-state index contributed by atoms with van der Waals surface area (Å²) in [6.45, 7) is 0. The number of pyridine rings is 1. The Labute approximate surface area is 71.8 Å². The molecule has 0 amide bonds. The van der Waals surface area contributed by atoms with Crippen molar-refractivity contribution in [2.75, 3.05) is 0 Å². The van der Waals surface area contributed by atoms with Gasteiger partial charge in [0.15, 0.2) is 0 Å². The van der Waals surface area contributed by atoms with Crippen LogP contribution in [0.2, 0.25) is 0 Å². The van der Waals surface area contributed by atoms with Crippen LogP contribution < -0.4 is 0 Å². The zero-order chi connectivity index (χ0) is 8.27. The first kappa shape index (κ1) is 8.15. The van der Waals surface area contributed by atoms with E-state index in [9.17, 15) is 4.39 Å². The largest absolute Gasteiger partial charge is 0.245 e. The number of nitrogens with zero attached hydrogens (tertiary/aromatic N) is 2. The third-order valence-corrected chi connectivity index (χ3v) is 1.79. The lowest BCUT2D eigenvalue weighted by atomic mass is 10.3. The van der Waals surface area contributed by atoms with Gasteiger partial charge in [-0.15, -0.1) is 0 Å². The van der Waals surface area contributed by atoms with Crippen LogP contribution in [0.1, 0.15) is 11.3 Å². The molecule has 0 unspecified atom stereocenters. The molecule has 0 fully saturated rings. The first-order valence-corrected chi connectivity index (χ1v) is 4.00. The number of nitriles is 1. The van der Waals surface area contributed by atoms with E-state index in [-0.39, 0.29) is 5.69 Å². The van der Waals surface area contributed by atoms with Gasteiger partial charge >= 0.3 is 0 Å². The summed E-state index contributed by atoms with van der Waals surface area (Å²) in [4.78, 5) is 3.70. The standard InChI is InChI=1S/C7H4BrFN2/c8-2-5-4-11-6(3-10)1-7(5)9/h1,4H,2H2. The van der Waals surface area contributed by atoms with Crippen molar-refractivity contribution in [2.24, 2.45) is 0 Å². The van der Waals surface area contributed by atoms with Crippen LogP contribution in [0.25, 0.3) is 0 Å². The maximum atomic E-state index is 12.8. The molecule has 56 valence electrons. The molecule has 0 aliphatic rings. The second-order valence-electron chi connectivity index (χ2n) is 1.91. The van der Waals surface area contributed by atoms with Gasteiger partial charge in [-0.05, 0) is 0 Å². The van der Waals surface area contributed by atoms with Crippen molar-refractivity contribution in [3.05, 3.63) is 29.3 Å². The van der Waals surface area contributed by atoms with Crippen LogP contribution in [0.3, 0.4) is 0 Å². The van der Waals surface area contributed by atoms with Gasteiger partial charge in [0.1, 0.15) is 17.6 Å². The molecule has 4 heteroatoms. The zero-order valence-corrected chi connectivity index (χ0v) is 7.10. The highest BCUT2D eigenvalue weighted by Crippen LogP contribution is 2.10. The summed E-state index contributed by atoms with van der Waals surface area (Å²) >= 11 is 3.09. The first-order valence-electron chi connectivity index (χ1n) is 2.88. The van der Waals surface area contributed by atoms with Crippen LogP contribution in [0.5, 0.6) is 0 Å². The van der Waals surface area contributed by atoms with Crippen LogP contribution in [0.15, 0.2) is 12.3 Å². The number of aromatic nitrogens is 1. The van der Waals surface area contributed by atoms with Gasteiger partial charge in [0.2, 0.25) is 0 Å². The molecule has 0 N–H and O–H groups in total. The Kier molecular flexibility index (Phi) is 2.55. The fourth-order valence-corrected chi connectivity index (χ4v) is 1.03. The summed E-state index contributed by atoms with van der Waals surface area (Å²) in [6, 6.07) is 2.87. The number of hydrogen-bond acceptors (Lipinski definition) is 2. The minimum atomic E-state index is -0.395. The number of halogens is 2. The average Bonchev–Trinajstić information content (AvgIpc) is 2.04. The molecule has 0 aliphatic heterocycles. The van der Waals surface area contributed by atoms with E-state index < -0.39 is 5.82 Å². The number of alkyl halides is 1. The molecule has 2 nitrogen and oxygen atoms in total. The topological polar surface area (TPSA) is 36.7 Å². The van der Waals surface area contributed by atoms with E-state index in [2.05, 4.69) is 20.9 Å². The van der Waals surface area contributed by atoms with E-state index in [1.807, 2.05) is 0 Å². The van der Waals surface area contributed by atoms with Gasteiger partial charge in [-0.2, -0.15) is 5.26 Å². The molecular weight excluding hydrogens is 211 g/mol. The summed E-state index contributed by atoms with van der Waals surface area (Å²) < 4.78 is 12.8. The minimum Gasteiger partial charge on any atom is -0.245 e. The van der Waals surface area contributed by atoms with Crippen LogP contribution in [0, 0.1) is 17.1 Å². The Bertz CT molecular complexity index is 306. The fourth-order valence-electron chi connectivity index (χ4n) is 0.619. The molecule has 0 radical (unpaired) electrons. The summed E-state index contributed by atoms with van der Waals surface area (Å²) in [5, 5.41) is 8.75. The van der Waals surface area contributed by atoms with Gasteiger partial charge in [-0.1, -0.05) is 15.9 Å². The average molecular weight is 215 g/mol. The van der Waals surface area contributed by atoms with E-state index in [1.54, 1.807) is 6.07 Å². The summed E-state index contributed by atoms with van der Waals surface area (Å²) in [7, 11) is 0. The molecule has 0 bridgehead atoms. The molecule has 1 aromatic rings. The van der Waals surface area contributed by atoms with Gasteiger partial charge in [-0.3, -0.25) is 0 Å². The Balaban J connectivity index is 3.12. The monoisotopic (exact) mass is 214 g/mol. The molecule has 0 saturated heterocycles. The van der Waals surface area contributed by atoms with Gasteiger partial charge in [-0.25, -0.2) is 9.37 Å². The second kappa shape index (κ2) is 3.44. The predicted octanol–water partition coefficient (Wildman–Crippen LogP) is 1.99. The van der Waals surface area contributed by atoms with Crippen LogP contribution >= 0.6 is 15.9 Å². The summed E-state index contributed by atoms with van der Waals surface area (Å²) in [6.07, 6.45) is 1.35. The molecule has 0 aromatic carbocycles. The van der Waals surface area contributed by atoms with Crippen molar-refractivity contribution in [1.82, 2.24) is 4.98 Å². The lowest BCUT2D eigenvalue weighted by Crippen LogP contribution is -1.90. The van der Waals surface area contributed by atoms with Crippen LogP contribution in [0.4, 0.5) is 4.39 Å². The fraction of sp³-hybridized carbons (Fsp3) is 0.143. The molecule has 0 atom stereocenters. The first-order chi connectivity index (χ1) is 5.27. The van der Waals surface area contributed by atoms with Crippen molar-refractivity contribution in [2.45, 2.75) is 5.33 Å². The van der Waals surface area contributed by atoms with Crippen molar-refractivity contribution in [3.63, 3.8) is 0 Å². The highest BCUT2D eigenvalue weighted by Gasteiger charge is 2.01. The van der Waals surface area contributed by atoms with Gasteiger partial charge in [0.25, 0.3) is 0 Å². The molecule has 0 aliphatic carbocycles. The molecule has 0 spiro atoms. The summed E-state index contributed by atoms with van der Waals surface area (Å²) in [5.41, 5.74) is 0.566. The third kappa shape index (κ3) is 1.75. The predicted molar refractivity (Wildman–Crippen MR) is 41.5 cm³/mol. The molecule has 0 saturated carbocycles. The quantitative estimate of drug-likeness (QED) is 0.671. The van der Waals surface area contributed by atoms with E-state index in [0.717, 1.165) is 6.07 Å². The number of hydrogen-bond donors (Lipinski definition) is 0. The van der Waals surface area contributed by atoms with Crippen molar-refractivity contribution >= 4 is 15.9 Å². The maximum Gasteiger partial charge on any atom is 0.143 e. The zero-order valence-electron chi connectivity index (χ0n) is 5.51. The Morgan fingerprint density at radius 1 is 1.73 bits per heavy atom. The normalized spacial score (nSPS) is 9.18. The summed E-state index contributed by atoms with van der Waals surface area (Å²) in [5.74, 6) is -0.395. The lowest BCUT2D eigenvalue weighted by molar-refractivity contribution is 0.614. The van der Waals surface area contributed by atoms with Crippen LogP contribution in [-0.4, -0.2) is 4.98 Å². The van der Waals surface area contributed by atoms with Crippen LogP contribution in [-0.2, 0) is 5.33 Å². The SMILES string of the molecule is N#Cc1cc(F)c(CBr)cn1. The highest BCUT2D eigenvalue weighted by molar-refractivity contribution is 9.08. The smallest absolute Gasteiger partial charge is 0.143 e. The lowest BCUT2D eigenvalue weighted by Gasteiger charge is -1.95. The molecule has 1 aromatic heterocycles. The van der Waals surface area contributed by atoms with E-state index in [4.69, 9.17) is 5.26 Å². The second-order valence-corrected chi connectivity index (χ2v) is 2.47. The molecular formula is C7H4BrFN2. The van der Waals surface area contributed by atoms with Gasteiger partial charge in [0, 0.05) is 23.2 Å². The van der Waals surface area contributed by atoms with E-state index >= 15 is 0 Å². The van der Waals surface area contributed by atoms with Crippen molar-refractivity contribution in [1.29, 1.82) is 5.26 Å². The Morgan fingerprint density at radius 3 is 2.91 bits per heavy atom. The minimum absolute atomic E-state index is 0.104. The number of rotatable bonds is 1.